The van der Waals surface area contributed by atoms with Crippen LogP contribution in [0.5, 0.6) is 0 Å². The van der Waals surface area contributed by atoms with Crippen LogP contribution in [0.25, 0.3) is 11.6 Å². The maximum absolute atomic E-state index is 12.6. The monoisotopic (exact) mass is 364 g/mol. The Morgan fingerprint density at radius 3 is 2.46 bits per heavy atom. The average Bonchev–Trinajstić information content (AvgIpc) is 3.09. The van der Waals surface area contributed by atoms with Crippen LogP contribution in [-0.4, -0.2) is 33.8 Å². The number of halogens is 3. The molecule has 3 rings (SSSR count). The molecule has 0 aliphatic carbocycles. The number of hydrogen-bond donors (Lipinski definition) is 2. The van der Waals surface area contributed by atoms with Crippen LogP contribution >= 0.6 is 0 Å². The number of hydrogen-bond acceptors (Lipinski definition) is 7. The van der Waals surface area contributed by atoms with Gasteiger partial charge < -0.3 is 15.1 Å². The summed E-state index contributed by atoms with van der Waals surface area (Å²) in [5, 5.41) is 13.8. The molecule has 0 bridgehead atoms. The molecule has 0 aliphatic rings. The predicted octanol–water partition coefficient (Wildman–Crippen LogP) is 3.05. The van der Waals surface area contributed by atoms with E-state index in [-0.39, 0.29) is 5.89 Å². The van der Waals surface area contributed by atoms with E-state index < -0.39 is 11.7 Å². The molecule has 0 spiro atoms. The first-order valence-corrected chi connectivity index (χ1v) is 7.70. The second-order valence-corrected chi connectivity index (χ2v) is 5.31. The lowest BCUT2D eigenvalue weighted by Crippen LogP contribution is -2.10. The smallest absolute Gasteiger partial charge is 0.416 e. The minimum Gasteiger partial charge on any atom is -0.419 e. The summed E-state index contributed by atoms with van der Waals surface area (Å²) < 4.78 is 43.5. The number of aromatic nitrogens is 4. The Morgan fingerprint density at radius 2 is 1.77 bits per heavy atom. The standard InChI is InChI=1S/C16H15F3N6O/c1-20-7-6-12-24-25-15(26-12)13-14(22-9-8-21-13)23-11-4-2-10(3-5-11)16(17,18)19/h2-5,8-9,20H,6-7H2,1H3,(H,22,23). The summed E-state index contributed by atoms with van der Waals surface area (Å²) in [5.74, 6) is 0.926. The Hall–Kier alpha value is -3.01. The van der Waals surface area contributed by atoms with Gasteiger partial charge in [0.25, 0.3) is 5.89 Å². The number of nitrogens with one attached hydrogen (secondary N) is 2. The van der Waals surface area contributed by atoms with E-state index in [0.29, 0.717) is 36.1 Å². The minimum absolute atomic E-state index is 0.179. The van der Waals surface area contributed by atoms with Crippen molar-refractivity contribution in [2.75, 3.05) is 18.9 Å². The summed E-state index contributed by atoms with van der Waals surface area (Å²) >= 11 is 0. The molecule has 0 fully saturated rings. The van der Waals surface area contributed by atoms with E-state index in [1.807, 2.05) is 7.05 Å². The first-order valence-electron chi connectivity index (χ1n) is 7.70. The van der Waals surface area contributed by atoms with Crippen LogP contribution < -0.4 is 10.6 Å². The lowest BCUT2D eigenvalue weighted by Gasteiger charge is -2.10. The summed E-state index contributed by atoms with van der Waals surface area (Å²) in [6, 6.07) is 4.60. The first kappa shape index (κ1) is 17.8. The number of nitrogens with zero attached hydrogens (tertiary/aromatic N) is 4. The van der Waals surface area contributed by atoms with Gasteiger partial charge in [0.1, 0.15) is 0 Å². The molecular formula is C16H15F3N6O. The molecule has 10 heteroatoms. The molecule has 3 aromatic rings. The third-order valence-electron chi connectivity index (χ3n) is 3.43. The summed E-state index contributed by atoms with van der Waals surface area (Å²) in [6.45, 7) is 0.679. The van der Waals surface area contributed by atoms with Gasteiger partial charge in [-0.2, -0.15) is 13.2 Å². The van der Waals surface area contributed by atoms with E-state index in [9.17, 15) is 13.2 Å². The number of anilines is 2. The van der Waals surface area contributed by atoms with Crippen molar-refractivity contribution in [1.29, 1.82) is 0 Å². The second-order valence-electron chi connectivity index (χ2n) is 5.31. The fourth-order valence-corrected chi connectivity index (χ4v) is 2.15. The molecule has 0 radical (unpaired) electrons. The minimum atomic E-state index is -4.39. The Bertz CT molecular complexity index is 863. The van der Waals surface area contributed by atoms with Gasteiger partial charge in [0, 0.05) is 31.0 Å². The molecule has 0 unspecified atom stereocenters. The SMILES string of the molecule is CNCCc1nnc(-c2nccnc2Nc2ccc(C(F)(F)F)cc2)o1. The molecule has 0 atom stereocenters. The predicted molar refractivity (Wildman–Crippen MR) is 87.7 cm³/mol. The van der Waals surface area contributed by atoms with Crippen molar-refractivity contribution in [3.05, 3.63) is 48.1 Å². The normalized spacial score (nSPS) is 11.5. The maximum atomic E-state index is 12.6. The van der Waals surface area contributed by atoms with Crippen LogP contribution in [0, 0.1) is 0 Å². The van der Waals surface area contributed by atoms with Crippen molar-refractivity contribution < 1.29 is 17.6 Å². The highest BCUT2D eigenvalue weighted by Gasteiger charge is 2.30. The van der Waals surface area contributed by atoms with Crippen molar-refractivity contribution in [2.24, 2.45) is 0 Å². The van der Waals surface area contributed by atoms with Crippen LogP contribution in [0.15, 0.2) is 41.1 Å². The Balaban J connectivity index is 1.82. The van der Waals surface area contributed by atoms with E-state index in [1.165, 1.54) is 24.5 Å². The number of alkyl halides is 3. The van der Waals surface area contributed by atoms with Crippen LogP contribution in [-0.2, 0) is 12.6 Å². The van der Waals surface area contributed by atoms with Crippen molar-refractivity contribution in [3.8, 4) is 11.6 Å². The summed E-state index contributed by atoms with van der Waals surface area (Å²) in [5.41, 5.74) is 0.0128. The Morgan fingerprint density at radius 1 is 1.04 bits per heavy atom. The van der Waals surface area contributed by atoms with Gasteiger partial charge in [0.05, 0.1) is 5.56 Å². The molecule has 2 heterocycles. The maximum Gasteiger partial charge on any atom is 0.416 e. The second kappa shape index (κ2) is 7.48. The van der Waals surface area contributed by atoms with E-state index >= 15 is 0 Å². The fraction of sp³-hybridized carbons (Fsp3) is 0.250. The molecule has 136 valence electrons. The van der Waals surface area contributed by atoms with Gasteiger partial charge in [-0.15, -0.1) is 10.2 Å². The highest BCUT2D eigenvalue weighted by molar-refractivity contribution is 5.70. The zero-order chi connectivity index (χ0) is 18.6. The molecule has 1 aromatic carbocycles. The van der Waals surface area contributed by atoms with Gasteiger partial charge >= 0.3 is 6.18 Å². The number of rotatable bonds is 6. The van der Waals surface area contributed by atoms with Crippen molar-refractivity contribution in [3.63, 3.8) is 0 Å². The first-order chi connectivity index (χ1) is 12.5. The van der Waals surface area contributed by atoms with Gasteiger partial charge in [0.2, 0.25) is 5.89 Å². The Kier molecular flexibility index (Phi) is 5.12. The zero-order valence-electron chi connectivity index (χ0n) is 13.7. The van der Waals surface area contributed by atoms with E-state index in [2.05, 4.69) is 30.8 Å². The van der Waals surface area contributed by atoms with E-state index in [4.69, 9.17) is 4.42 Å². The molecule has 26 heavy (non-hydrogen) atoms. The third-order valence-corrected chi connectivity index (χ3v) is 3.43. The topological polar surface area (TPSA) is 88.8 Å². The number of likely N-dealkylation sites (N-methyl/N-ethyl adjacent to an activating group) is 1. The fourth-order valence-electron chi connectivity index (χ4n) is 2.15. The molecule has 7 nitrogen and oxygen atoms in total. The van der Waals surface area contributed by atoms with Crippen LogP contribution in [0.4, 0.5) is 24.7 Å². The summed E-state index contributed by atoms with van der Waals surface area (Å²) in [6.07, 6.45) is -0.909. The van der Waals surface area contributed by atoms with Gasteiger partial charge in [-0.05, 0) is 31.3 Å². The van der Waals surface area contributed by atoms with Crippen LogP contribution in [0.2, 0.25) is 0 Å². The molecule has 0 saturated carbocycles. The summed E-state index contributed by atoms with van der Waals surface area (Å²) in [7, 11) is 1.81. The molecule has 2 N–H and O–H groups in total. The molecule has 0 amide bonds. The van der Waals surface area contributed by atoms with Crippen molar-refractivity contribution in [2.45, 2.75) is 12.6 Å². The molecule has 2 aromatic heterocycles. The lowest BCUT2D eigenvalue weighted by molar-refractivity contribution is -0.137. The number of benzene rings is 1. The Labute approximate surface area is 146 Å². The summed E-state index contributed by atoms with van der Waals surface area (Å²) in [4.78, 5) is 8.34. The molecular weight excluding hydrogens is 349 g/mol. The van der Waals surface area contributed by atoms with Crippen LogP contribution in [0.3, 0.4) is 0 Å². The van der Waals surface area contributed by atoms with E-state index in [0.717, 1.165) is 12.1 Å². The van der Waals surface area contributed by atoms with Gasteiger partial charge in [-0.25, -0.2) is 9.97 Å². The highest BCUT2D eigenvalue weighted by Crippen LogP contribution is 2.31. The van der Waals surface area contributed by atoms with Gasteiger partial charge in [-0.1, -0.05) is 0 Å². The third kappa shape index (κ3) is 4.14. The van der Waals surface area contributed by atoms with Crippen LogP contribution in [0.1, 0.15) is 11.5 Å². The largest absolute Gasteiger partial charge is 0.419 e. The average molecular weight is 364 g/mol. The van der Waals surface area contributed by atoms with E-state index in [1.54, 1.807) is 0 Å². The van der Waals surface area contributed by atoms with Crippen molar-refractivity contribution in [1.82, 2.24) is 25.5 Å². The highest BCUT2D eigenvalue weighted by atomic mass is 19.4. The van der Waals surface area contributed by atoms with Gasteiger partial charge in [0.15, 0.2) is 11.5 Å². The quantitative estimate of drug-likeness (QED) is 0.695. The molecule has 0 aliphatic heterocycles. The zero-order valence-corrected chi connectivity index (χ0v) is 13.7. The van der Waals surface area contributed by atoms with Crippen molar-refractivity contribution >= 4 is 11.5 Å². The van der Waals surface area contributed by atoms with Gasteiger partial charge in [-0.3, -0.25) is 0 Å². The molecule has 0 saturated heterocycles. The lowest BCUT2D eigenvalue weighted by atomic mass is 10.2.